The molecule has 1 unspecified atom stereocenters. The number of rotatable bonds is 4. The van der Waals surface area contributed by atoms with Gasteiger partial charge in [-0.15, -0.1) is 0 Å². The number of amidine groups is 1. The van der Waals surface area contributed by atoms with E-state index in [-0.39, 0.29) is 35.4 Å². The number of nitrogens with zero attached hydrogens (tertiary/aromatic N) is 2. The molecule has 2 N–H and O–H groups in total. The maximum Gasteiger partial charge on any atom is 0.269 e. The average Bonchev–Trinajstić information content (AvgIpc) is 3.41. The number of aliphatic hydroxyl groups excluding tert-OH is 1. The number of nitrogens with one attached hydrogen (secondary N) is 1. The van der Waals surface area contributed by atoms with Crippen molar-refractivity contribution in [3.63, 3.8) is 0 Å². The molecule has 3 aromatic rings. The van der Waals surface area contributed by atoms with E-state index in [0.717, 1.165) is 0 Å². The molecule has 0 saturated heterocycles. The number of aliphatic hydroxyl groups is 1. The van der Waals surface area contributed by atoms with E-state index in [9.17, 15) is 25.4 Å². The van der Waals surface area contributed by atoms with Gasteiger partial charge in [0, 0.05) is 46.9 Å². The van der Waals surface area contributed by atoms with Crippen LogP contribution in [0.2, 0.25) is 0 Å². The van der Waals surface area contributed by atoms with Crippen molar-refractivity contribution in [2.24, 2.45) is 0 Å². The number of nitro benzene ring substituents is 1. The lowest BCUT2D eigenvalue weighted by atomic mass is 9.73. The van der Waals surface area contributed by atoms with Gasteiger partial charge in [0.15, 0.2) is 17.3 Å². The van der Waals surface area contributed by atoms with E-state index in [4.69, 9.17) is 9.47 Å². The van der Waals surface area contributed by atoms with Crippen molar-refractivity contribution in [3.8, 4) is 11.5 Å². The number of ether oxygens (including phenoxy) is 2. The van der Waals surface area contributed by atoms with Crippen molar-refractivity contribution in [1.29, 1.82) is 5.41 Å². The Balaban J connectivity index is 1.64. The number of carbonyl (C=O) groups is 1. The Morgan fingerprint density at radius 2 is 1.82 bits per heavy atom. The van der Waals surface area contributed by atoms with Gasteiger partial charge < -0.3 is 14.6 Å². The minimum absolute atomic E-state index is 0.00410. The van der Waals surface area contributed by atoms with Crippen molar-refractivity contribution in [1.82, 2.24) is 0 Å². The monoisotopic (exact) mass is 523 g/mol. The molecule has 0 saturated carbocycles. The second-order valence-corrected chi connectivity index (χ2v) is 9.72. The van der Waals surface area contributed by atoms with Crippen LogP contribution in [0.1, 0.15) is 41.9 Å². The molecule has 0 bridgehead atoms. The fraction of sp³-hybridized carbons (Fsp3) is 0.200. The Kier molecular flexibility index (Phi) is 5.91. The van der Waals surface area contributed by atoms with Crippen molar-refractivity contribution in [2.75, 3.05) is 11.7 Å². The fourth-order valence-electron chi connectivity index (χ4n) is 5.64. The highest BCUT2D eigenvalue weighted by Gasteiger charge is 2.44. The van der Waals surface area contributed by atoms with Gasteiger partial charge in [-0.3, -0.25) is 25.2 Å². The summed E-state index contributed by atoms with van der Waals surface area (Å²) in [4.78, 5) is 26.3. The molecular formula is C30H25N3O6. The van der Waals surface area contributed by atoms with E-state index in [1.807, 2.05) is 12.1 Å². The Hall–Kier alpha value is -4.92. The standard InChI is InChI=1S/C30H25N3O6/c1-17-14-20(33(36)37)11-12-21(17)32-22-8-5-9-23(34)27(22)26(19-10-13-24-25(15-19)39-16-38-24)28(30(32)31)29(35)18-6-3-2-4-7-18/h2-4,6-7,10-15,26,31,35H,5,8-9,16H2,1H3/b29-28+,31-30?. The zero-order chi connectivity index (χ0) is 27.3. The molecule has 0 radical (unpaired) electrons. The van der Waals surface area contributed by atoms with Gasteiger partial charge in [-0.2, -0.15) is 0 Å². The lowest BCUT2D eigenvalue weighted by Crippen LogP contribution is -2.42. The number of fused-ring (bicyclic) bond motifs is 1. The number of aryl methyl sites for hydroxylation is 1. The zero-order valence-electron chi connectivity index (χ0n) is 21.1. The average molecular weight is 524 g/mol. The summed E-state index contributed by atoms with van der Waals surface area (Å²) in [6, 6.07) is 18.8. The first-order chi connectivity index (χ1) is 18.8. The van der Waals surface area contributed by atoms with Crippen molar-refractivity contribution in [2.45, 2.75) is 32.1 Å². The zero-order valence-corrected chi connectivity index (χ0v) is 21.1. The number of nitro groups is 1. The number of hydrogen-bond donors (Lipinski definition) is 2. The molecule has 2 aliphatic heterocycles. The first-order valence-electron chi connectivity index (χ1n) is 12.6. The third-order valence-electron chi connectivity index (χ3n) is 7.42. The van der Waals surface area contributed by atoms with Crippen LogP contribution < -0.4 is 14.4 Å². The van der Waals surface area contributed by atoms with E-state index in [2.05, 4.69) is 0 Å². The number of ketones is 1. The summed E-state index contributed by atoms with van der Waals surface area (Å²) in [5, 5.41) is 32.5. The highest BCUT2D eigenvalue weighted by molar-refractivity contribution is 6.20. The normalized spacial score (nSPS) is 19.7. The highest BCUT2D eigenvalue weighted by atomic mass is 16.7. The minimum Gasteiger partial charge on any atom is -0.507 e. The van der Waals surface area contributed by atoms with E-state index in [1.54, 1.807) is 54.3 Å². The van der Waals surface area contributed by atoms with E-state index in [0.29, 0.717) is 64.4 Å². The molecule has 0 amide bonds. The van der Waals surface area contributed by atoms with Crippen LogP contribution in [0.15, 0.2) is 83.6 Å². The maximum absolute atomic E-state index is 13.7. The Labute approximate surface area is 224 Å². The van der Waals surface area contributed by atoms with Crippen molar-refractivity contribution < 1.29 is 24.3 Å². The quantitative estimate of drug-likeness (QED) is 0.237. The third kappa shape index (κ3) is 4.03. The van der Waals surface area contributed by atoms with Gasteiger partial charge in [0.2, 0.25) is 6.79 Å². The van der Waals surface area contributed by atoms with Crippen LogP contribution >= 0.6 is 0 Å². The van der Waals surface area contributed by atoms with Crippen LogP contribution in [0.4, 0.5) is 11.4 Å². The van der Waals surface area contributed by atoms with E-state index in [1.165, 1.54) is 12.1 Å². The molecule has 196 valence electrons. The molecule has 2 heterocycles. The summed E-state index contributed by atoms with van der Waals surface area (Å²) >= 11 is 0. The van der Waals surface area contributed by atoms with E-state index >= 15 is 0 Å². The number of benzene rings is 3. The maximum atomic E-state index is 13.7. The van der Waals surface area contributed by atoms with Crippen LogP contribution in [0.25, 0.3) is 5.76 Å². The van der Waals surface area contributed by atoms with Crippen LogP contribution in [-0.4, -0.2) is 28.4 Å². The molecule has 9 heteroatoms. The fourth-order valence-corrected chi connectivity index (χ4v) is 5.64. The molecule has 0 aromatic heterocycles. The summed E-state index contributed by atoms with van der Waals surface area (Å²) in [6.07, 6.45) is 1.51. The molecule has 0 fully saturated rings. The number of hydrogen-bond acceptors (Lipinski definition) is 7. The molecule has 1 aliphatic carbocycles. The second kappa shape index (κ2) is 9.43. The van der Waals surface area contributed by atoms with Crippen molar-refractivity contribution >= 4 is 28.8 Å². The SMILES string of the molecule is Cc1cc([N+](=O)[O-])ccc1N1C(=N)/C(=C(/O)c2ccccc2)C(c2ccc3c(c2)OCO3)C2=C1CCCC2=O. The van der Waals surface area contributed by atoms with Gasteiger partial charge in [0.25, 0.3) is 5.69 Å². The molecule has 6 rings (SSSR count). The lowest BCUT2D eigenvalue weighted by Gasteiger charge is -2.42. The molecule has 39 heavy (non-hydrogen) atoms. The van der Waals surface area contributed by atoms with Crippen LogP contribution in [0.3, 0.4) is 0 Å². The first kappa shape index (κ1) is 24.4. The number of carbonyl (C=O) groups excluding carboxylic acids is 1. The highest BCUT2D eigenvalue weighted by Crippen LogP contribution is 2.49. The topological polar surface area (TPSA) is 126 Å². The molecule has 3 aromatic carbocycles. The second-order valence-electron chi connectivity index (χ2n) is 9.72. The van der Waals surface area contributed by atoms with Gasteiger partial charge in [-0.05, 0) is 49.1 Å². The summed E-state index contributed by atoms with van der Waals surface area (Å²) < 4.78 is 11.1. The molecule has 1 atom stereocenters. The van der Waals surface area contributed by atoms with E-state index < -0.39 is 10.8 Å². The van der Waals surface area contributed by atoms with Crippen LogP contribution in [0.5, 0.6) is 11.5 Å². The Morgan fingerprint density at radius 1 is 1.05 bits per heavy atom. The molecule has 3 aliphatic rings. The smallest absolute Gasteiger partial charge is 0.269 e. The summed E-state index contributed by atoms with van der Waals surface area (Å²) in [7, 11) is 0. The summed E-state index contributed by atoms with van der Waals surface area (Å²) in [6.45, 7) is 1.84. The first-order valence-corrected chi connectivity index (χ1v) is 12.6. The van der Waals surface area contributed by atoms with Gasteiger partial charge >= 0.3 is 0 Å². The van der Waals surface area contributed by atoms with Crippen LogP contribution in [-0.2, 0) is 4.79 Å². The number of non-ortho nitro benzene ring substituents is 1. The molecular weight excluding hydrogens is 498 g/mol. The Bertz CT molecular complexity index is 1610. The van der Waals surface area contributed by atoms with Crippen LogP contribution in [0, 0.1) is 22.4 Å². The van der Waals surface area contributed by atoms with Gasteiger partial charge in [0.05, 0.1) is 10.6 Å². The largest absolute Gasteiger partial charge is 0.507 e. The van der Waals surface area contributed by atoms with Gasteiger partial charge in [-0.25, -0.2) is 0 Å². The summed E-state index contributed by atoms with van der Waals surface area (Å²) in [5.74, 6) is 0.243. The van der Waals surface area contributed by atoms with Gasteiger partial charge in [0.1, 0.15) is 11.6 Å². The molecule has 9 nitrogen and oxygen atoms in total. The van der Waals surface area contributed by atoms with Gasteiger partial charge in [-0.1, -0.05) is 36.4 Å². The number of Topliss-reactive ketones (excluding diaryl/α,β-unsaturated/α-hetero) is 1. The van der Waals surface area contributed by atoms with Crippen molar-refractivity contribution in [3.05, 3.63) is 110 Å². The minimum atomic E-state index is -0.718. The lowest BCUT2D eigenvalue weighted by molar-refractivity contribution is -0.384. The predicted octanol–water partition coefficient (Wildman–Crippen LogP) is 6.19. The molecule has 0 spiro atoms. The number of anilines is 1. The predicted molar refractivity (Wildman–Crippen MR) is 145 cm³/mol. The number of allylic oxidation sites excluding steroid dienone is 2. The summed E-state index contributed by atoms with van der Waals surface area (Å²) in [5.41, 5.74) is 3.72. The third-order valence-corrected chi connectivity index (χ3v) is 7.42. The Morgan fingerprint density at radius 3 is 2.56 bits per heavy atom.